The maximum absolute atomic E-state index is 9.85. The van der Waals surface area contributed by atoms with Crippen LogP contribution < -0.4 is 10.1 Å². The minimum absolute atomic E-state index is 0.0138. The number of ether oxygens (including phenoxy) is 1. The molecule has 0 saturated carbocycles. The second kappa shape index (κ2) is 5.54. The zero-order chi connectivity index (χ0) is 15.9. The molecule has 2 aromatic rings. The summed E-state index contributed by atoms with van der Waals surface area (Å²) in [6.07, 6.45) is 0.841. The van der Waals surface area contributed by atoms with Crippen LogP contribution in [0.25, 0.3) is 0 Å². The molecule has 0 saturated heterocycles. The van der Waals surface area contributed by atoms with E-state index < -0.39 is 0 Å². The van der Waals surface area contributed by atoms with Crippen LogP contribution in [0.3, 0.4) is 0 Å². The number of aromatic hydroxyl groups is 2. The third-order valence-electron chi connectivity index (χ3n) is 4.38. The Balaban J connectivity index is 2.12. The lowest BCUT2D eigenvalue weighted by atomic mass is 9.87. The third-order valence-corrected chi connectivity index (χ3v) is 4.38. The molecule has 1 aliphatic rings. The number of hydrogen-bond donors (Lipinski definition) is 3. The Labute approximate surface area is 130 Å². The van der Waals surface area contributed by atoms with Crippen molar-refractivity contribution in [3.05, 3.63) is 52.1 Å². The summed E-state index contributed by atoms with van der Waals surface area (Å²) in [7, 11) is 1.68. The Bertz CT molecular complexity index is 725. The van der Waals surface area contributed by atoms with Gasteiger partial charge < -0.3 is 20.3 Å². The van der Waals surface area contributed by atoms with E-state index in [9.17, 15) is 10.2 Å². The monoisotopic (exact) mass is 299 g/mol. The van der Waals surface area contributed by atoms with Crippen molar-refractivity contribution in [2.24, 2.45) is 0 Å². The molecule has 3 N–H and O–H groups in total. The number of methoxy groups -OCH3 is 1. The smallest absolute Gasteiger partial charge is 0.157 e. The van der Waals surface area contributed by atoms with Crippen molar-refractivity contribution in [2.75, 3.05) is 13.7 Å². The van der Waals surface area contributed by atoms with E-state index in [1.807, 2.05) is 13.0 Å². The van der Waals surface area contributed by atoms with E-state index in [1.165, 1.54) is 5.56 Å². The van der Waals surface area contributed by atoms with Gasteiger partial charge in [0.25, 0.3) is 0 Å². The zero-order valence-corrected chi connectivity index (χ0v) is 13.1. The molecule has 0 aromatic heterocycles. The molecule has 3 rings (SSSR count). The van der Waals surface area contributed by atoms with E-state index in [0.29, 0.717) is 0 Å². The van der Waals surface area contributed by atoms with Gasteiger partial charge in [0.15, 0.2) is 11.5 Å². The van der Waals surface area contributed by atoms with Crippen molar-refractivity contribution < 1.29 is 14.9 Å². The van der Waals surface area contributed by atoms with Gasteiger partial charge in [-0.3, -0.25) is 0 Å². The Morgan fingerprint density at radius 3 is 2.45 bits per heavy atom. The second-order valence-corrected chi connectivity index (χ2v) is 5.86. The molecule has 2 aromatic carbocycles. The lowest BCUT2D eigenvalue weighted by Crippen LogP contribution is -2.31. The fourth-order valence-electron chi connectivity index (χ4n) is 3.20. The van der Waals surface area contributed by atoms with Crippen LogP contribution in [0.4, 0.5) is 0 Å². The van der Waals surface area contributed by atoms with Gasteiger partial charge in [-0.2, -0.15) is 0 Å². The van der Waals surface area contributed by atoms with E-state index in [0.717, 1.165) is 41.0 Å². The number of benzene rings is 2. The maximum atomic E-state index is 9.85. The van der Waals surface area contributed by atoms with Crippen LogP contribution in [0.15, 0.2) is 24.3 Å². The normalized spacial score (nSPS) is 17.1. The van der Waals surface area contributed by atoms with Gasteiger partial charge >= 0.3 is 0 Å². The Morgan fingerprint density at radius 1 is 1.00 bits per heavy atom. The van der Waals surface area contributed by atoms with E-state index in [2.05, 4.69) is 18.3 Å². The Morgan fingerprint density at radius 2 is 1.73 bits per heavy atom. The summed E-state index contributed by atoms with van der Waals surface area (Å²) >= 11 is 0. The molecule has 0 amide bonds. The number of phenolic OH excluding ortho intramolecular Hbond substituents is 2. The van der Waals surface area contributed by atoms with Gasteiger partial charge in [0.05, 0.1) is 13.2 Å². The summed E-state index contributed by atoms with van der Waals surface area (Å²) in [5.74, 6) is 0.753. The second-order valence-electron chi connectivity index (χ2n) is 5.86. The first-order valence-corrected chi connectivity index (χ1v) is 7.44. The molecule has 0 radical (unpaired) electrons. The Kier molecular flexibility index (Phi) is 3.71. The molecule has 1 atom stereocenters. The summed E-state index contributed by atoms with van der Waals surface area (Å²) in [6, 6.07) is 7.52. The van der Waals surface area contributed by atoms with Crippen molar-refractivity contribution in [1.29, 1.82) is 0 Å². The van der Waals surface area contributed by atoms with Gasteiger partial charge in [-0.05, 0) is 66.3 Å². The van der Waals surface area contributed by atoms with Gasteiger partial charge in [0.1, 0.15) is 5.75 Å². The van der Waals surface area contributed by atoms with Crippen LogP contribution in [0.2, 0.25) is 0 Å². The molecule has 22 heavy (non-hydrogen) atoms. The molecule has 116 valence electrons. The summed E-state index contributed by atoms with van der Waals surface area (Å²) < 4.78 is 5.38. The minimum Gasteiger partial charge on any atom is -0.504 e. The SMILES string of the molecule is COc1cc(C)c(C2NCCc3cc(O)c(O)cc32)cc1C. The predicted octanol–water partition coefficient (Wildman–Crippen LogP) is 2.96. The van der Waals surface area contributed by atoms with Gasteiger partial charge in [0.2, 0.25) is 0 Å². The van der Waals surface area contributed by atoms with Crippen LogP contribution >= 0.6 is 0 Å². The largest absolute Gasteiger partial charge is 0.504 e. The van der Waals surface area contributed by atoms with Crippen molar-refractivity contribution in [3.63, 3.8) is 0 Å². The first-order valence-electron chi connectivity index (χ1n) is 7.44. The molecule has 4 nitrogen and oxygen atoms in total. The molecule has 1 heterocycles. The number of phenols is 2. The van der Waals surface area contributed by atoms with Gasteiger partial charge in [-0.15, -0.1) is 0 Å². The van der Waals surface area contributed by atoms with Crippen LogP contribution in [0, 0.1) is 13.8 Å². The van der Waals surface area contributed by atoms with Crippen molar-refractivity contribution >= 4 is 0 Å². The molecular weight excluding hydrogens is 278 g/mol. The van der Waals surface area contributed by atoms with Crippen LogP contribution in [0.5, 0.6) is 17.2 Å². The van der Waals surface area contributed by atoms with Crippen molar-refractivity contribution in [1.82, 2.24) is 5.32 Å². The highest BCUT2D eigenvalue weighted by atomic mass is 16.5. The average molecular weight is 299 g/mol. The van der Waals surface area contributed by atoms with Crippen LogP contribution in [-0.2, 0) is 6.42 Å². The highest BCUT2D eigenvalue weighted by molar-refractivity contribution is 5.52. The van der Waals surface area contributed by atoms with Crippen molar-refractivity contribution in [3.8, 4) is 17.2 Å². The van der Waals surface area contributed by atoms with E-state index in [-0.39, 0.29) is 17.5 Å². The quantitative estimate of drug-likeness (QED) is 0.746. The van der Waals surface area contributed by atoms with Gasteiger partial charge in [-0.1, -0.05) is 6.07 Å². The highest BCUT2D eigenvalue weighted by Gasteiger charge is 2.25. The van der Waals surface area contributed by atoms with E-state index in [4.69, 9.17) is 4.74 Å². The third kappa shape index (κ3) is 2.40. The fraction of sp³-hybridized carbons (Fsp3) is 0.333. The molecule has 0 spiro atoms. The highest BCUT2D eigenvalue weighted by Crippen LogP contribution is 2.38. The van der Waals surface area contributed by atoms with Gasteiger partial charge in [0, 0.05) is 6.54 Å². The fourth-order valence-corrected chi connectivity index (χ4v) is 3.20. The molecule has 0 aliphatic carbocycles. The summed E-state index contributed by atoms with van der Waals surface area (Å²) in [5, 5.41) is 23.1. The Hall–Kier alpha value is -2.20. The summed E-state index contributed by atoms with van der Waals surface area (Å²) in [4.78, 5) is 0. The first kappa shape index (κ1) is 14.7. The molecule has 1 unspecified atom stereocenters. The standard InChI is InChI=1S/C18H21NO3/c1-10-7-17(22-3)11(2)6-13(10)18-14-9-16(21)15(20)8-12(14)4-5-19-18/h6-9,18-21H,4-5H2,1-3H3. The number of nitrogens with one attached hydrogen (secondary N) is 1. The van der Waals surface area contributed by atoms with Gasteiger partial charge in [-0.25, -0.2) is 0 Å². The van der Waals surface area contributed by atoms with E-state index in [1.54, 1.807) is 19.2 Å². The predicted molar refractivity (Wildman–Crippen MR) is 85.8 cm³/mol. The van der Waals surface area contributed by atoms with Crippen LogP contribution in [0.1, 0.15) is 33.9 Å². The number of hydrogen-bond acceptors (Lipinski definition) is 4. The zero-order valence-electron chi connectivity index (χ0n) is 13.1. The molecule has 0 fully saturated rings. The van der Waals surface area contributed by atoms with Crippen molar-refractivity contribution in [2.45, 2.75) is 26.3 Å². The summed E-state index contributed by atoms with van der Waals surface area (Å²) in [6.45, 7) is 4.93. The molecule has 1 aliphatic heterocycles. The molecule has 4 heteroatoms. The number of rotatable bonds is 2. The number of fused-ring (bicyclic) bond motifs is 1. The lowest BCUT2D eigenvalue weighted by Gasteiger charge is -2.29. The molecule has 0 bridgehead atoms. The lowest BCUT2D eigenvalue weighted by molar-refractivity contribution is 0.400. The number of aryl methyl sites for hydroxylation is 2. The average Bonchev–Trinajstić information content (AvgIpc) is 2.50. The molecular formula is C18H21NO3. The first-order chi connectivity index (χ1) is 10.5. The maximum Gasteiger partial charge on any atom is 0.157 e. The minimum atomic E-state index is -0.0738. The summed E-state index contributed by atoms with van der Waals surface area (Å²) in [5.41, 5.74) is 5.49. The van der Waals surface area contributed by atoms with Crippen LogP contribution in [-0.4, -0.2) is 23.9 Å². The topological polar surface area (TPSA) is 61.7 Å². The van der Waals surface area contributed by atoms with E-state index >= 15 is 0 Å².